The van der Waals surface area contributed by atoms with E-state index in [4.69, 9.17) is 16.3 Å². The van der Waals surface area contributed by atoms with Crippen LogP contribution in [0.15, 0.2) is 18.2 Å². The molecule has 4 amide bonds. The quantitative estimate of drug-likeness (QED) is 0.620. The Bertz CT molecular complexity index is 954. The summed E-state index contributed by atoms with van der Waals surface area (Å²) in [5.74, 6) is 0.0853. The number of nitrogens with one attached hydrogen (secondary N) is 2. The molecule has 2 heterocycles. The van der Waals surface area contributed by atoms with Crippen LogP contribution in [-0.4, -0.2) is 78.8 Å². The first kappa shape index (κ1) is 27.8. The summed E-state index contributed by atoms with van der Waals surface area (Å²) in [6.07, 6.45) is 3.46. The fraction of sp³-hybridized carbons (Fsp3) is 0.615. The van der Waals surface area contributed by atoms with Crippen LogP contribution in [-0.2, 0) is 14.4 Å². The standard InChI is InChI=1S/C26H37ClN4O5/c1-18(2)14-20-17-36-22-8-7-19(27)15-21(22)26(35)28-10-3-4-11-31(16-23(32)29-20)25(34)9-13-30-12-5-6-24(30)33/h7-8,15,18,20H,3-6,9-14,16-17H2,1-2H3,(H,28,35)(H,29,32)/t20-/m0/s1. The zero-order valence-electron chi connectivity index (χ0n) is 21.2. The Kier molecular flexibility index (Phi) is 10.4. The van der Waals surface area contributed by atoms with E-state index in [1.165, 1.54) is 0 Å². The number of carbonyl (C=O) groups is 4. The fourth-order valence-electron chi connectivity index (χ4n) is 4.53. The van der Waals surface area contributed by atoms with Crippen LogP contribution in [0.2, 0.25) is 5.02 Å². The zero-order chi connectivity index (χ0) is 26.1. The summed E-state index contributed by atoms with van der Waals surface area (Å²) in [6.45, 7) is 6.09. The van der Waals surface area contributed by atoms with E-state index in [1.54, 1.807) is 28.0 Å². The van der Waals surface area contributed by atoms with Crippen molar-refractivity contribution in [2.24, 2.45) is 5.92 Å². The third kappa shape index (κ3) is 8.40. The highest BCUT2D eigenvalue weighted by Crippen LogP contribution is 2.24. The molecule has 0 aliphatic carbocycles. The Hall–Kier alpha value is -2.81. The predicted octanol–water partition coefficient (Wildman–Crippen LogP) is 2.61. The third-order valence-electron chi connectivity index (χ3n) is 6.34. The van der Waals surface area contributed by atoms with Gasteiger partial charge in [0.2, 0.25) is 17.7 Å². The van der Waals surface area contributed by atoms with E-state index in [-0.39, 0.29) is 49.2 Å². The lowest BCUT2D eigenvalue weighted by atomic mass is 10.0. The second-order valence-corrected chi connectivity index (χ2v) is 10.3. The molecule has 10 heteroatoms. The maximum atomic E-state index is 13.0. The van der Waals surface area contributed by atoms with Crippen LogP contribution in [0.25, 0.3) is 0 Å². The summed E-state index contributed by atoms with van der Waals surface area (Å²) in [7, 11) is 0. The molecule has 1 aromatic carbocycles. The normalized spacial score (nSPS) is 20.2. The van der Waals surface area contributed by atoms with Crippen LogP contribution in [0.1, 0.15) is 62.7 Å². The number of hydrogen-bond donors (Lipinski definition) is 2. The van der Waals surface area contributed by atoms with Crippen molar-refractivity contribution in [1.82, 2.24) is 20.4 Å². The maximum absolute atomic E-state index is 13.0. The lowest BCUT2D eigenvalue weighted by molar-refractivity contribution is -0.137. The molecule has 36 heavy (non-hydrogen) atoms. The monoisotopic (exact) mass is 520 g/mol. The van der Waals surface area contributed by atoms with E-state index in [9.17, 15) is 19.2 Å². The molecule has 1 fully saturated rings. The number of nitrogens with zero attached hydrogens (tertiary/aromatic N) is 2. The van der Waals surface area contributed by atoms with Gasteiger partial charge >= 0.3 is 0 Å². The molecule has 0 spiro atoms. The molecular weight excluding hydrogens is 484 g/mol. The molecule has 1 atom stereocenters. The molecule has 198 valence electrons. The number of likely N-dealkylation sites (tertiary alicyclic amines) is 1. The molecule has 2 N–H and O–H groups in total. The molecule has 3 rings (SSSR count). The summed E-state index contributed by atoms with van der Waals surface area (Å²) in [5, 5.41) is 6.34. The first-order chi connectivity index (χ1) is 17.2. The summed E-state index contributed by atoms with van der Waals surface area (Å²) < 4.78 is 5.98. The van der Waals surface area contributed by atoms with E-state index in [1.807, 2.05) is 0 Å². The van der Waals surface area contributed by atoms with Crippen molar-refractivity contribution in [2.45, 2.75) is 58.4 Å². The largest absolute Gasteiger partial charge is 0.491 e. The van der Waals surface area contributed by atoms with Crippen molar-refractivity contribution in [1.29, 1.82) is 0 Å². The van der Waals surface area contributed by atoms with Gasteiger partial charge in [0.25, 0.3) is 5.91 Å². The highest BCUT2D eigenvalue weighted by atomic mass is 35.5. The van der Waals surface area contributed by atoms with Gasteiger partial charge in [-0.25, -0.2) is 0 Å². The predicted molar refractivity (Wildman–Crippen MR) is 137 cm³/mol. The SMILES string of the molecule is CC(C)C[C@H]1COc2ccc(Cl)cc2C(=O)NCCCCN(C(=O)CCN2CCCC2=O)CC(=O)N1. The van der Waals surface area contributed by atoms with Gasteiger partial charge in [0.05, 0.1) is 18.2 Å². The van der Waals surface area contributed by atoms with Gasteiger partial charge in [0, 0.05) is 44.0 Å². The zero-order valence-corrected chi connectivity index (χ0v) is 21.9. The van der Waals surface area contributed by atoms with Gasteiger partial charge in [-0.3, -0.25) is 19.2 Å². The molecule has 0 aromatic heterocycles. The van der Waals surface area contributed by atoms with Gasteiger partial charge in [-0.05, 0) is 49.8 Å². The van der Waals surface area contributed by atoms with Crippen LogP contribution in [0.5, 0.6) is 5.75 Å². The molecular formula is C26H37ClN4O5. The first-order valence-corrected chi connectivity index (χ1v) is 13.2. The van der Waals surface area contributed by atoms with Crippen LogP contribution in [0.4, 0.5) is 0 Å². The average Bonchev–Trinajstić information content (AvgIpc) is 3.23. The van der Waals surface area contributed by atoms with Crippen LogP contribution >= 0.6 is 11.6 Å². The van der Waals surface area contributed by atoms with E-state index in [0.717, 1.165) is 6.42 Å². The van der Waals surface area contributed by atoms with Crippen LogP contribution in [0, 0.1) is 5.92 Å². The highest BCUT2D eigenvalue weighted by molar-refractivity contribution is 6.31. The summed E-state index contributed by atoms with van der Waals surface area (Å²) in [5.41, 5.74) is 0.347. The molecule has 0 radical (unpaired) electrons. The number of carbonyl (C=O) groups excluding carboxylic acids is 4. The molecule has 1 saturated heterocycles. The van der Waals surface area contributed by atoms with Crippen molar-refractivity contribution in [3.8, 4) is 5.75 Å². The molecule has 0 saturated carbocycles. The smallest absolute Gasteiger partial charge is 0.255 e. The van der Waals surface area contributed by atoms with Crippen LogP contribution in [0.3, 0.4) is 0 Å². The molecule has 9 nitrogen and oxygen atoms in total. The van der Waals surface area contributed by atoms with Crippen molar-refractivity contribution < 1.29 is 23.9 Å². The van der Waals surface area contributed by atoms with Gasteiger partial charge in [-0.15, -0.1) is 0 Å². The van der Waals surface area contributed by atoms with E-state index >= 15 is 0 Å². The molecule has 0 unspecified atom stereocenters. The second kappa shape index (κ2) is 13.5. The van der Waals surface area contributed by atoms with Gasteiger partial charge in [0.1, 0.15) is 12.4 Å². The van der Waals surface area contributed by atoms with Crippen molar-refractivity contribution in [2.75, 3.05) is 39.3 Å². The minimum absolute atomic E-state index is 0.0556. The Morgan fingerprint density at radius 1 is 1.17 bits per heavy atom. The Morgan fingerprint density at radius 3 is 2.69 bits per heavy atom. The number of hydrogen-bond acceptors (Lipinski definition) is 5. The lowest BCUT2D eigenvalue weighted by Crippen LogP contribution is -2.47. The van der Waals surface area contributed by atoms with E-state index in [2.05, 4.69) is 24.5 Å². The van der Waals surface area contributed by atoms with Crippen molar-refractivity contribution in [3.05, 3.63) is 28.8 Å². The lowest BCUT2D eigenvalue weighted by Gasteiger charge is -2.26. The Balaban J connectivity index is 1.72. The topological polar surface area (TPSA) is 108 Å². The van der Waals surface area contributed by atoms with Crippen molar-refractivity contribution in [3.63, 3.8) is 0 Å². The van der Waals surface area contributed by atoms with Gasteiger partial charge in [0.15, 0.2) is 0 Å². The number of ether oxygens (including phenoxy) is 1. The Morgan fingerprint density at radius 2 is 1.97 bits per heavy atom. The van der Waals surface area contributed by atoms with E-state index in [0.29, 0.717) is 74.1 Å². The minimum atomic E-state index is -0.298. The van der Waals surface area contributed by atoms with Gasteiger partial charge in [-0.1, -0.05) is 25.4 Å². The Labute approximate surface area is 217 Å². The second-order valence-electron chi connectivity index (χ2n) is 9.86. The maximum Gasteiger partial charge on any atom is 0.255 e. The number of halogens is 1. The first-order valence-electron chi connectivity index (χ1n) is 12.8. The summed E-state index contributed by atoms with van der Waals surface area (Å²) in [6, 6.07) is 4.60. The van der Waals surface area contributed by atoms with Crippen LogP contribution < -0.4 is 15.4 Å². The average molecular weight is 521 g/mol. The highest BCUT2D eigenvalue weighted by Gasteiger charge is 2.24. The number of fused-ring (bicyclic) bond motifs is 1. The molecule has 0 bridgehead atoms. The van der Waals surface area contributed by atoms with Crippen molar-refractivity contribution >= 4 is 35.2 Å². The van der Waals surface area contributed by atoms with Gasteiger partial charge in [-0.2, -0.15) is 0 Å². The summed E-state index contributed by atoms with van der Waals surface area (Å²) >= 11 is 6.12. The minimum Gasteiger partial charge on any atom is -0.491 e. The third-order valence-corrected chi connectivity index (χ3v) is 6.58. The molecule has 1 aromatic rings. The van der Waals surface area contributed by atoms with E-state index < -0.39 is 0 Å². The number of amides is 4. The number of benzene rings is 1. The number of rotatable bonds is 5. The molecule has 2 aliphatic rings. The van der Waals surface area contributed by atoms with Gasteiger partial charge < -0.3 is 25.2 Å². The molecule has 2 aliphatic heterocycles. The summed E-state index contributed by atoms with van der Waals surface area (Å²) in [4.78, 5) is 53.9. The fourth-order valence-corrected chi connectivity index (χ4v) is 4.70.